The molecule has 1 rings (SSSR count). The lowest BCUT2D eigenvalue weighted by Gasteiger charge is -2.23. The number of carbonyl (C=O) groups excluding carboxylic acids is 6. The van der Waals surface area contributed by atoms with Crippen LogP contribution >= 0.6 is 0 Å². The van der Waals surface area contributed by atoms with Crippen LogP contribution in [0.1, 0.15) is 71.9 Å². The Morgan fingerprint density at radius 2 is 1.00 bits per heavy atom. The average Bonchev–Trinajstić information content (AvgIpc) is 3.04. The summed E-state index contributed by atoms with van der Waals surface area (Å²) in [6, 6.07) is 2.03. The summed E-state index contributed by atoms with van der Waals surface area (Å²) in [5, 5.41) is 19.6. The van der Waals surface area contributed by atoms with Gasteiger partial charge in [-0.1, -0.05) is 32.4 Å². The maximum Gasteiger partial charge on any atom is 0.339 e. The van der Waals surface area contributed by atoms with E-state index in [0.717, 1.165) is 12.1 Å². The van der Waals surface area contributed by atoms with Gasteiger partial charge in [-0.15, -0.1) is 0 Å². The molecular formula is C35H40O16. The molecule has 0 aliphatic rings. The molecule has 0 aromatic heterocycles. The molecule has 1 atom stereocenters. The van der Waals surface area contributed by atoms with Crippen molar-refractivity contribution in [2.75, 3.05) is 26.4 Å². The molecule has 0 fully saturated rings. The van der Waals surface area contributed by atoms with Gasteiger partial charge in [0.25, 0.3) is 0 Å². The van der Waals surface area contributed by atoms with Gasteiger partial charge in [-0.05, 0) is 51.8 Å². The van der Waals surface area contributed by atoms with Crippen LogP contribution in [0.15, 0.2) is 60.7 Å². The first-order chi connectivity index (χ1) is 23.7. The fraction of sp³-hybridized carbons (Fsp3) is 0.371. The topological polar surface area (TPSA) is 232 Å². The SMILES string of the molecule is C=C(C)C(=O)OCC(COC(=O)C(=C)C)OC(=O)c1c(C)cc(C(CC(=O)O)C(=O)OC(COC(=O)C(=C)C)COC(=O)C(=C)C)cc1C(=O)O. The molecule has 276 valence electrons. The number of benzene rings is 1. The second kappa shape index (κ2) is 19.8. The zero-order chi connectivity index (χ0) is 39.2. The van der Waals surface area contributed by atoms with Crippen LogP contribution in [0.25, 0.3) is 0 Å². The largest absolute Gasteiger partial charge is 0.481 e. The number of esters is 6. The van der Waals surface area contributed by atoms with E-state index >= 15 is 0 Å². The number of aliphatic carboxylic acids is 1. The highest BCUT2D eigenvalue weighted by Crippen LogP contribution is 2.28. The number of carboxylic acid groups (broad SMARTS) is 2. The highest BCUT2D eigenvalue weighted by Gasteiger charge is 2.33. The molecule has 16 nitrogen and oxygen atoms in total. The van der Waals surface area contributed by atoms with Crippen molar-refractivity contribution in [1.82, 2.24) is 0 Å². The predicted octanol–water partition coefficient (Wildman–Crippen LogP) is 3.17. The van der Waals surface area contributed by atoms with Crippen molar-refractivity contribution in [3.63, 3.8) is 0 Å². The molecule has 0 radical (unpaired) electrons. The number of hydrogen-bond donors (Lipinski definition) is 2. The Morgan fingerprint density at radius 1 is 0.627 bits per heavy atom. The van der Waals surface area contributed by atoms with E-state index in [9.17, 15) is 48.6 Å². The minimum atomic E-state index is -1.68. The average molecular weight is 717 g/mol. The summed E-state index contributed by atoms with van der Waals surface area (Å²) in [5.41, 5.74) is -1.48. The Labute approximate surface area is 293 Å². The third kappa shape index (κ3) is 14.1. The normalized spacial score (nSPS) is 11.0. The number of aromatic carboxylic acids is 1. The van der Waals surface area contributed by atoms with Crippen molar-refractivity contribution >= 4 is 47.8 Å². The first kappa shape index (κ1) is 43.0. The number of carbonyl (C=O) groups is 8. The third-order valence-electron chi connectivity index (χ3n) is 6.41. The van der Waals surface area contributed by atoms with Crippen LogP contribution in [0.3, 0.4) is 0 Å². The van der Waals surface area contributed by atoms with E-state index in [1.807, 2.05) is 0 Å². The monoisotopic (exact) mass is 716 g/mol. The Hall–Kier alpha value is -6.06. The summed E-state index contributed by atoms with van der Waals surface area (Å²) in [6.45, 7) is 18.0. The summed E-state index contributed by atoms with van der Waals surface area (Å²) < 4.78 is 30.8. The zero-order valence-electron chi connectivity index (χ0n) is 28.9. The molecule has 1 aromatic carbocycles. The van der Waals surface area contributed by atoms with Crippen molar-refractivity contribution < 1.29 is 77.0 Å². The van der Waals surface area contributed by atoms with Crippen molar-refractivity contribution in [3.05, 3.63) is 83.0 Å². The fourth-order valence-electron chi connectivity index (χ4n) is 3.82. The van der Waals surface area contributed by atoms with Gasteiger partial charge in [0.1, 0.15) is 26.4 Å². The quantitative estimate of drug-likeness (QED) is 0.112. The molecular weight excluding hydrogens is 676 g/mol. The Kier molecular flexibility index (Phi) is 16.7. The van der Waals surface area contributed by atoms with E-state index in [2.05, 4.69) is 26.3 Å². The molecule has 51 heavy (non-hydrogen) atoms. The van der Waals surface area contributed by atoms with Gasteiger partial charge in [0.2, 0.25) is 0 Å². The molecule has 2 N–H and O–H groups in total. The van der Waals surface area contributed by atoms with Gasteiger partial charge in [-0.3, -0.25) is 9.59 Å². The van der Waals surface area contributed by atoms with E-state index < -0.39 is 110 Å². The lowest BCUT2D eigenvalue weighted by molar-refractivity contribution is -0.166. The van der Waals surface area contributed by atoms with Gasteiger partial charge in [0, 0.05) is 22.3 Å². The highest BCUT2D eigenvalue weighted by atomic mass is 16.6. The predicted molar refractivity (Wildman–Crippen MR) is 175 cm³/mol. The maximum atomic E-state index is 13.4. The highest BCUT2D eigenvalue weighted by molar-refractivity contribution is 6.04. The Balaban J connectivity index is 3.53. The molecule has 16 heteroatoms. The molecule has 1 unspecified atom stereocenters. The van der Waals surface area contributed by atoms with Crippen molar-refractivity contribution in [3.8, 4) is 0 Å². The first-order valence-electron chi connectivity index (χ1n) is 15.0. The standard InChI is InChI=1S/C35H40O16/c1-17(2)30(40)46-13-23(14-47-31(41)18(3)4)50-34(44)25(12-27(36)37)22-10-21(9)28(26(11-22)29(38)39)35(45)51-24(15-48-32(42)19(5)6)16-49-33(43)20(7)8/h10-11,23-25H,1,3,5,7,12-16H2,2,4,6,8-9H3,(H,36,37)(H,38,39). The van der Waals surface area contributed by atoms with E-state index in [-0.39, 0.29) is 33.4 Å². The van der Waals surface area contributed by atoms with Crippen LogP contribution in [0.5, 0.6) is 0 Å². The molecule has 0 aliphatic heterocycles. The van der Waals surface area contributed by atoms with Crippen LogP contribution < -0.4 is 0 Å². The molecule has 1 aromatic rings. The molecule has 0 saturated carbocycles. The van der Waals surface area contributed by atoms with E-state index in [0.29, 0.717) is 0 Å². The van der Waals surface area contributed by atoms with Gasteiger partial charge in [-0.2, -0.15) is 0 Å². The number of hydrogen-bond acceptors (Lipinski definition) is 14. The number of aryl methyl sites for hydroxylation is 1. The van der Waals surface area contributed by atoms with Gasteiger partial charge in [0.15, 0.2) is 12.2 Å². The summed E-state index contributed by atoms with van der Waals surface area (Å²) in [7, 11) is 0. The van der Waals surface area contributed by atoms with E-state index in [1.54, 1.807) is 0 Å². The second-order valence-electron chi connectivity index (χ2n) is 11.3. The zero-order valence-corrected chi connectivity index (χ0v) is 28.9. The molecule has 0 amide bonds. The van der Waals surface area contributed by atoms with Crippen LogP contribution in [-0.4, -0.2) is 96.6 Å². The van der Waals surface area contributed by atoms with Gasteiger partial charge in [0.05, 0.1) is 23.5 Å². The molecule has 0 aliphatic carbocycles. The lowest BCUT2D eigenvalue weighted by Crippen LogP contribution is -2.33. The fourth-order valence-corrected chi connectivity index (χ4v) is 3.82. The molecule has 0 bridgehead atoms. The van der Waals surface area contributed by atoms with Gasteiger partial charge in [-0.25, -0.2) is 28.8 Å². The Bertz CT molecular complexity index is 1570. The minimum absolute atomic E-state index is 0.00474. The van der Waals surface area contributed by atoms with Crippen molar-refractivity contribution in [2.24, 2.45) is 0 Å². The minimum Gasteiger partial charge on any atom is -0.481 e. The molecule has 0 spiro atoms. The van der Waals surface area contributed by atoms with E-state index in [4.69, 9.17) is 28.4 Å². The number of carboxylic acids is 2. The second-order valence-corrected chi connectivity index (χ2v) is 11.3. The summed E-state index contributed by atoms with van der Waals surface area (Å²) >= 11 is 0. The molecule has 0 heterocycles. The summed E-state index contributed by atoms with van der Waals surface area (Å²) in [5.74, 6) is -10.8. The smallest absolute Gasteiger partial charge is 0.339 e. The van der Waals surface area contributed by atoms with Crippen molar-refractivity contribution in [2.45, 2.75) is 59.2 Å². The van der Waals surface area contributed by atoms with Crippen molar-refractivity contribution in [1.29, 1.82) is 0 Å². The molecule has 0 saturated heterocycles. The summed E-state index contributed by atoms with van der Waals surface area (Å²) in [6.07, 6.45) is -3.78. The lowest BCUT2D eigenvalue weighted by atomic mass is 9.89. The van der Waals surface area contributed by atoms with Crippen LogP contribution in [-0.2, 0) is 57.2 Å². The number of rotatable bonds is 20. The van der Waals surface area contributed by atoms with Crippen LogP contribution in [0, 0.1) is 6.92 Å². The van der Waals surface area contributed by atoms with E-state index in [1.165, 1.54) is 34.6 Å². The first-order valence-corrected chi connectivity index (χ1v) is 15.0. The van der Waals surface area contributed by atoms with Gasteiger partial charge >= 0.3 is 47.8 Å². The Morgan fingerprint density at radius 3 is 1.33 bits per heavy atom. The van der Waals surface area contributed by atoms with Crippen LogP contribution in [0.2, 0.25) is 0 Å². The van der Waals surface area contributed by atoms with Crippen LogP contribution in [0.4, 0.5) is 0 Å². The maximum absolute atomic E-state index is 13.4. The summed E-state index contributed by atoms with van der Waals surface area (Å²) in [4.78, 5) is 98.8. The van der Waals surface area contributed by atoms with Gasteiger partial charge < -0.3 is 38.6 Å². The third-order valence-corrected chi connectivity index (χ3v) is 6.41. The number of ether oxygens (including phenoxy) is 6.